The summed E-state index contributed by atoms with van der Waals surface area (Å²) in [5.74, 6) is 0.924. The average molecular weight is 344 g/mol. The summed E-state index contributed by atoms with van der Waals surface area (Å²) >= 11 is 0. The van der Waals surface area contributed by atoms with E-state index in [4.69, 9.17) is 4.74 Å². The summed E-state index contributed by atoms with van der Waals surface area (Å²) in [6, 6.07) is 0. The molecule has 6 nitrogen and oxygen atoms in total. The Labute approximate surface area is 139 Å². The Kier molecular flexibility index (Phi) is 4.99. The third-order valence-corrected chi connectivity index (χ3v) is 6.36. The number of hydrogen-bond acceptors (Lipinski definition) is 4. The highest BCUT2D eigenvalue weighted by molar-refractivity contribution is 7.88. The maximum atomic E-state index is 12.3. The van der Waals surface area contributed by atoms with Crippen LogP contribution >= 0.6 is 0 Å². The lowest BCUT2D eigenvalue weighted by atomic mass is 9.78. The predicted molar refractivity (Wildman–Crippen MR) is 87.4 cm³/mol. The van der Waals surface area contributed by atoms with Gasteiger partial charge in [-0.15, -0.1) is 0 Å². The number of carbonyl (C=O) groups excluding carboxylic acids is 1. The Morgan fingerprint density at radius 2 is 1.96 bits per heavy atom. The Bertz CT molecular complexity index is 536. The summed E-state index contributed by atoms with van der Waals surface area (Å²) in [4.78, 5) is 14.3. The Balaban J connectivity index is 1.51. The van der Waals surface area contributed by atoms with Gasteiger partial charge in [0.15, 0.2) is 0 Å². The number of sulfonamides is 1. The van der Waals surface area contributed by atoms with Crippen molar-refractivity contribution in [3.63, 3.8) is 0 Å². The first-order valence-electron chi connectivity index (χ1n) is 8.74. The van der Waals surface area contributed by atoms with Crippen molar-refractivity contribution in [1.29, 1.82) is 0 Å². The van der Waals surface area contributed by atoms with Gasteiger partial charge < -0.3 is 9.64 Å². The smallest absolute Gasteiger partial charge is 0.225 e. The van der Waals surface area contributed by atoms with E-state index < -0.39 is 10.0 Å². The molecule has 23 heavy (non-hydrogen) atoms. The van der Waals surface area contributed by atoms with Crippen LogP contribution < -0.4 is 4.72 Å². The minimum absolute atomic E-state index is 0.154. The molecule has 0 aromatic rings. The van der Waals surface area contributed by atoms with E-state index in [1.54, 1.807) is 0 Å². The highest BCUT2D eigenvalue weighted by atomic mass is 32.2. The topological polar surface area (TPSA) is 75.7 Å². The van der Waals surface area contributed by atoms with Crippen LogP contribution in [0.5, 0.6) is 0 Å². The molecule has 1 amide bonds. The standard InChI is InChI=1S/C16H28N2O4S/c1-23(20,21)17-12-13-5-10-22-16(11-13)6-8-18(9-7-16)15(19)14-3-2-4-14/h13-14,17H,2-12H2,1H3. The molecular weight excluding hydrogens is 316 g/mol. The molecule has 0 bridgehead atoms. The van der Waals surface area contributed by atoms with Gasteiger partial charge in [0.25, 0.3) is 0 Å². The highest BCUT2D eigenvalue weighted by Gasteiger charge is 2.42. The zero-order valence-electron chi connectivity index (χ0n) is 13.9. The molecule has 2 aliphatic heterocycles. The van der Waals surface area contributed by atoms with Gasteiger partial charge in [-0.2, -0.15) is 0 Å². The van der Waals surface area contributed by atoms with E-state index in [1.165, 1.54) is 12.7 Å². The molecule has 1 aliphatic carbocycles. The molecule has 2 saturated heterocycles. The number of likely N-dealkylation sites (tertiary alicyclic amines) is 1. The highest BCUT2D eigenvalue weighted by Crippen LogP contribution is 2.38. The summed E-state index contributed by atoms with van der Waals surface area (Å²) in [5, 5.41) is 0. The van der Waals surface area contributed by atoms with E-state index in [-0.39, 0.29) is 11.5 Å². The van der Waals surface area contributed by atoms with Crippen LogP contribution in [0.3, 0.4) is 0 Å². The second-order valence-electron chi connectivity index (χ2n) is 7.46. The zero-order chi connectivity index (χ0) is 16.5. The SMILES string of the molecule is CS(=O)(=O)NCC1CCOC2(CCN(C(=O)C3CCC3)CC2)C1. The van der Waals surface area contributed by atoms with Crippen molar-refractivity contribution in [2.24, 2.45) is 11.8 Å². The van der Waals surface area contributed by atoms with Crippen LogP contribution in [-0.4, -0.2) is 57.3 Å². The molecular formula is C16H28N2O4S. The number of carbonyl (C=O) groups is 1. The van der Waals surface area contributed by atoms with Crippen LogP contribution in [0.2, 0.25) is 0 Å². The van der Waals surface area contributed by atoms with Crippen molar-refractivity contribution >= 4 is 15.9 Å². The molecule has 1 spiro atoms. The maximum absolute atomic E-state index is 12.3. The van der Waals surface area contributed by atoms with Crippen molar-refractivity contribution < 1.29 is 17.9 Å². The lowest BCUT2D eigenvalue weighted by Crippen LogP contribution is -2.53. The maximum Gasteiger partial charge on any atom is 0.225 e. The van der Waals surface area contributed by atoms with Crippen LogP contribution in [0.15, 0.2) is 0 Å². The van der Waals surface area contributed by atoms with Gasteiger partial charge in [-0.05, 0) is 44.4 Å². The van der Waals surface area contributed by atoms with Crippen molar-refractivity contribution in [3.05, 3.63) is 0 Å². The first-order chi connectivity index (χ1) is 10.9. The minimum atomic E-state index is -3.14. The number of nitrogens with zero attached hydrogens (tertiary/aromatic N) is 1. The Hall–Kier alpha value is -0.660. The molecule has 3 aliphatic rings. The molecule has 0 aromatic carbocycles. The molecule has 2 heterocycles. The number of amides is 1. The van der Waals surface area contributed by atoms with Gasteiger partial charge in [-0.3, -0.25) is 4.79 Å². The second kappa shape index (κ2) is 6.69. The summed E-state index contributed by atoms with van der Waals surface area (Å²) in [6.45, 7) is 2.74. The normalized spacial score (nSPS) is 28.6. The minimum Gasteiger partial charge on any atom is -0.375 e. The van der Waals surface area contributed by atoms with Crippen molar-refractivity contribution in [2.75, 3.05) is 32.5 Å². The molecule has 3 fully saturated rings. The van der Waals surface area contributed by atoms with Gasteiger partial charge in [0.2, 0.25) is 15.9 Å². The van der Waals surface area contributed by atoms with E-state index in [9.17, 15) is 13.2 Å². The summed E-state index contributed by atoms with van der Waals surface area (Å²) in [7, 11) is -3.14. The molecule has 1 saturated carbocycles. The Morgan fingerprint density at radius 3 is 2.52 bits per heavy atom. The van der Waals surface area contributed by atoms with E-state index >= 15 is 0 Å². The number of rotatable bonds is 4. The molecule has 0 radical (unpaired) electrons. The van der Waals surface area contributed by atoms with E-state index in [0.29, 0.717) is 25.0 Å². The molecule has 132 valence electrons. The number of ether oxygens (including phenoxy) is 1. The lowest BCUT2D eigenvalue weighted by Gasteiger charge is -2.47. The van der Waals surface area contributed by atoms with E-state index in [1.807, 2.05) is 4.90 Å². The van der Waals surface area contributed by atoms with Crippen LogP contribution in [0.25, 0.3) is 0 Å². The van der Waals surface area contributed by atoms with Gasteiger partial charge in [0.05, 0.1) is 11.9 Å². The van der Waals surface area contributed by atoms with Gasteiger partial charge >= 0.3 is 0 Å². The third kappa shape index (κ3) is 4.25. The fourth-order valence-electron chi connectivity index (χ4n) is 3.97. The van der Waals surface area contributed by atoms with Gasteiger partial charge in [-0.25, -0.2) is 13.1 Å². The van der Waals surface area contributed by atoms with E-state index in [2.05, 4.69) is 4.72 Å². The lowest BCUT2D eigenvalue weighted by molar-refractivity contribution is -0.152. The molecule has 0 aromatic heterocycles. The number of piperidine rings is 1. The van der Waals surface area contributed by atoms with Gasteiger partial charge in [0, 0.05) is 32.2 Å². The first-order valence-corrected chi connectivity index (χ1v) is 10.6. The monoisotopic (exact) mass is 344 g/mol. The van der Waals surface area contributed by atoms with Gasteiger partial charge in [0.1, 0.15) is 0 Å². The molecule has 1 N–H and O–H groups in total. The molecule has 3 rings (SSSR count). The number of hydrogen-bond donors (Lipinski definition) is 1. The summed E-state index contributed by atoms with van der Waals surface area (Å²) < 4.78 is 31.2. The molecule has 7 heteroatoms. The van der Waals surface area contributed by atoms with Crippen molar-refractivity contribution in [3.8, 4) is 0 Å². The van der Waals surface area contributed by atoms with Crippen LogP contribution in [-0.2, 0) is 19.6 Å². The van der Waals surface area contributed by atoms with Crippen LogP contribution in [0, 0.1) is 11.8 Å². The number of nitrogens with one attached hydrogen (secondary N) is 1. The predicted octanol–water partition coefficient (Wildman–Crippen LogP) is 1.12. The first kappa shape index (κ1) is 17.2. The summed E-state index contributed by atoms with van der Waals surface area (Å²) in [5.41, 5.74) is -0.154. The Morgan fingerprint density at radius 1 is 1.26 bits per heavy atom. The largest absolute Gasteiger partial charge is 0.375 e. The van der Waals surface area contributed by atoms with E-state index in [0.717, 1.165) is 51.6 Å². The fourth-order valence-corrected chi connectivity index (χ4v) is 4.51. The van der Waals surface area contributed by atoms with Gasteiger partial charge in [-0.1, -0.05) is 6.42 Å². The summed E-state index contributed by atoms with van der Waals surface area (Å²) in [6.07, 6.45) is 8.03. The third-order valence-electron chi connectivity index (χ3n) is 5.67. The van der Waals surface area contributed by atoms with Crippen LogP contribution in [0.1, 0.15) is 44.9 Å². The quantitative estimate of drug-likeness (QED) is 0.829. The second-order valence-corrected chi connectivity index (χ2v) is 9.30. The zero-order valence-corrected chi connectivity index (χ0v) is 14.7. The fraction of sp³-hybridized carbons (Fsp3) is 0.938. The van der Waals surface area contributed by atoms with Crippen LogP contribution in [0.4, 0.5) is 0 Å². The average Bonchev–Trinajstić information content (AvgIpc) is 2.43. The van der Waals surface area contributed by atoms with Crippen molar-refractivity contribution in [2.45, 2.75) is 50.5 Å². The molecule has 1 unspecified atom stereocenters. The van der Waals surface area contributed by atoms with Crippen molar-refractivity contribution in [1.82, 2.24) is 9.62 Å². The molecule has 1 atom stereocenters.